The Morgan fingerprint density at radius 1 is 1.12 bits per heavy atom. The van der Waals surface area contributed by atoms with E-state index in [-0.39, 0.29) is 5.95 Å². The number of aromatic nitrogens is 5. The predicted octanol–water partition coefficient (Wildman–Crippen LogP) is 3.63. The molecule has 4 heterocycles. The largest absolute Gasteiger partial charge is 0.461 e. The summed E-state index contributed by atoms with van der Waals surface area (Å²) in [5, 5.41) is 8.29. The van der Waals surface area contributed by atoms with Crippen molar-refractivity contribution in [2.24, 2.45) is 0 Å². The van der Waals surface area contributed by atoms with Crippen LogP contribution >= 0.6 is 0 Å². The average molecular weight is 466 g/mol. The van der Waals surface area contributed by atoms with E-state index in [1.54, 1.807) is 18.4 Å². The van der Waals surface area contributed by atoms with E-state index in [9.17, 15) is 8.78 Å². The molecule has 0 saturated carbocycles. The van der Waals surface area contributed by atoms with Gasteiger partial charge in [0.1, 0.15) is 17.3 Å². The summed E-state index contributed by atoms with van der Waals surface area (Å²) in [7, 11) is 0. The topological polar surface area (TPSA) is 102 Å². The minimum Gasteiger partial charge on any atom is -0.461 e. The van der Waals surface area contributed by atoms with Crippen LogP contribution in [0.3, 0.4) is 0 Å². The van der Waals surface area contributed by atoms with Crippen LogP contribution in [0, 0.1) is 11.6 Å². The van der Waals surface area contributed by atoms with Gasteiger partial charge in [-0.15, -0.1) is 5.10 Å². The number of furan rings is 1. The Labute approximate surface area is 193 Å². The van der Waals surface area contributed by atoms with E-state index in [0.717, 1.165) is 30.2 Å². The van der Waals surface area contributed by atoms with E-state index in [1.165, 1.54) is 16.6 Å². The van der Waals surface area contributed by atoms with Gasteiger partial charge in [-0.05, 0) is 36.9 Å². The molecule has 0 aliphatic heterocycles. The van der Waals surface area contributed by atoms with E-state index in [0.29, 0.717) is 42.6 Å². The molecule has 4 aromatic heterocycles. The fraction of sp³-hybridized carbons (Fsp3) is 0.261. The van der Waals surface area contributed by atoms with Gasteiger partial charge in [0, 0.05) is 38.4 Å². The van der Waals surface area contributed by atoms with Crippen molar-refractivity contribution in [3.05, 3.63) is 60.5 Å². The number of anilines is 2. The second-order valence-electron chi connectivity index (χ2n) is 7.85. The number of benzene rings is 1. The third-order valence-corrected chi connectivity index (χ3v) is 5.74. The van der Waals surface area contributed by atoms with E-state index >= 15 is 0 Å². The standard InChI is InChI=1S/C23H24F2N8O/c1-2-31(10-8-27-18-6-5-15(24)14-17(18)25)11-12-32-9-7-16-21(32)29-23(26)33-22(16)28-20(30-33)19-4-3-13-34-19/h3-7,9,13-14,27H,2,8,10-12H2,1H3,(H2,26,29). The summed E-state index contributed by atoms with van der Waals surface area (Å²) in [6, 6.07) is 9.04. The number of fused-ring (bicyclic) bond motifs is 3. The number of nitrogen functional groups attached to an aromatic ring is 1. The van der Waals surface area contributed by atoms with Gasteiger partial charge in [-0.2, -0.15) is 9.50 Å². The first-order valence-corrected chi connectivity index (χ1v) is 11.0. The summed E-state index contributed by atoms with van der Waals surface area (Å²) >= 11 is 0. The Morgan fingerprint density at radius 2 is 2.00 bits per heavy atom. The number of hydrogen-bond donors (Lipinski definition) is 2. The zero-order valence-electron chi connectivity index (χ0n) is 18.6. The Morgan fingerprint density at radius 3 is 2.76 bits per heavy atom. The van der Waals surface area contributed by atoms with Crippen LogP contribution in [0.5, 0.6) is 0 Å². The molecular weight excluding hydrogens is 442 g/mol. The van der Waals surface area contributed by atoms with E-state index in [1.807, 2.05) is 16.8 Å². The number of nitrogens with zero attached hydrogens (tertiary/aromatic N) is 6. The predicted molar refractivity (Wildman–Crippen MR) is 125 cm³/mol. The molecule has 0 aliphatic rings. The van der Waals surface area contributed by atoms with Crippen LogP contribution in [0.2, 0.25) is 0 Å². The SMILES string of the molecule is CCN(CCNc1ccc(F)cc1F)CCn1ccc2c1nc(N)n1nc(-c3ccco3)nc21. The fourth-order valence-corrected chi connectivity index (χ4v) is 3.91. The molecule has 5 rings (SSSR count). The van der Waals surface area contributed by atoms with Gasteiger partial charge in [-0.25, -0.2) is 13.8 Å². The van der Waals surface area contributed by atoms with Crippen LogP contribution in [-0.2, 0) is 6.54 Å². The molecule has 11 heteroatoms. The van der Waals surface area contributed by atoms with Crippen molar-refractivity contribution < 1.29 is 13.2 Å². The molecule has 0 atom stereocenters. The summed E-state index contributed by atoms with van der Waals surface area (Å²) in [5.74, 6) is 0.0579. The van der Waals surface area contributed by atoms with Crippen molar-refractivity contribution in [2.75, 3.05) is 37.2 Å². The highest BCUT2D eigenvalue weighted by molar-refractivity contribution is 5.91. The van der Waals surface area contributed by atoms with Crippen molar-refractivity contribution in [3.63, 3.8) is 0 Å². The van der Waals surface area contributed by atoms with Crippen molar-refractivity contribution in [1.29, 1.82) is 0 Å². The van der Waals surface area contributed by atoms with Gasteiger partial charge in [0.15, 0.2) is 11.4 Å². The molecule has 0 aliphatic carbocycles. The Hall–Kier alpha value is -3.99. The second kappa shape index (κ2) is 9.10. The minimum absolute atomic E-state index is 0.241. The molecule has 0 unspecified atom stereocenters. The highest BCUT2D eigenvalue weighted by Crippen LogP contribution is 2.24. The third-order valence-electron chi connectivity index (χ3n) is 5.74. The van der Waals surface area contributed by atoms with Crippen LogP contribution in [-0.4, -0.2) is 55.2 Å². The Kier molecular flexibility index (Phi) is 5.84. The number of nitrogens with one attached hydrogen (secondary N) is 1. The number of hydrogen-bond acceptors (Lipinski definition) is 7. The number of nitrogens with two attached hydrogens (primary N) is 1. The zero-order valence-corrected chi connectivity index (χ0v) is 18.6. The summed E-state index contributed by atoms with van der Waals surface area (Å²) in [4.78, 5) is 11.4. The smallest absolute Gasteiger partial charge is 0.225 e. The van der Waals surface area contributed by atoms with Crippen LogP contribution in [0.15, 0.2) is 53.3 Å². The van der Waals surface area contributed by atoms with Gasteiger partial charge in [0.05, 0.1) is 17.3 Å². The van der Waals surface area contributed by atoms with Gasteiger partial charge < -0.3 is 24.9 Å². The van der Waals surface area contributed by atoms with Gasteiger partial charge in [-0.3, -0.25) is 0 Å². The first-order chi connectivity index (χ1) is 16.5. The molecule has 34 heavy (non-hydrogen) atoms. The lowest BCUT2D eigenvalue weighted by Crippen LogP contribution is -2.32. The van der Waals surface area contributed by atoms with Crippen molar-refractivity contribution in [2.45, 2.75) is 13.5 Å². The lowest BCUT2D eigenvalue weighted by molar-refractivity contribution is 0.287. The van der Waals surface area contributed by atoms with Crippen molar-refractivity contribution in [1.82, 2.24) is 29.0 Å². The molecule has 0 spiro atoms. The molecule has 0 radical (unpaired) electrons. The Bertz CT molecular complexity index is 1430. The van der Waals surface area contributed by atoms with Gasteiger partial charge in [0.25, 0.3) is 0 Å². The highest BCUT2D eigenvalue weighted by atomic mass is 19.1. The van der Waals surface area contributed by atoms with Gasteiger partial charge in [-0.1, -0.05) is 6.92 Å². The quantitative estimate of drug-likeness (QED) is 0.342. The monoisotopic (exact) mass is 466 g/mol. The molecule has 176 valence electrons. The van der Waals surface area contributed by atoms with Gasteiger partial charge in [0.2, 0.25) is 11.8 Å². The summed E-state index contributed by atoms with van der Waals surface area (Å²) in [6.07, 6.45) is 3.53. The van der Waals surface area contributed by atoms with Crippen LogP contribution in [0.4, 0.5) is 20.4 Å². The molecule has 5 aromatic rings. The van der Waals surface area contributed by atoms with E-state index in [2.05, 4.69) is 32.2 Å². The van der Waals surface area contributed by atoms with E-state index < -0.39 is 11.6 Å². The molecule has 1 aromatic carbocycles. The van der Waals surface area contributed by atoms with Crippen LogP contribution < -0.4 is 11.1 Å². The molecule has 9 nitrogen and oxygen atoms in total. The molecule has 0 saturated heterocycles. The molecular formula is C23H24F2N8O. The number of halogens is 2. The fourth-order valence-electron chi connectivity index (χ4n) is 3.91. The summed E-state index contributed by atoms with van der Waals surface area (Å²) < 4.78 is 35.8. The second-order valence-corrected chi connectivity index (χ2v) is 7.85. The number of likely N-dealkylation sites (N-methyl/N-ethyl adjacent to an activating group) is 1. The first-order valence-electron chi connectivity index (χ1n) is 11.0. The first kappa shape index (κ1) is 21.8. The third kappa shape index (κ3) is 4.17. The zero-order chi connectivity index (χ0) is 23.7. The van der Waals surface area contributed by atoms with E-state index in [4.69, 9.17) is 10.2 Å². The number of rotatable bonds is 9. The van der Waals surface area contributed by atoms with Crippen LogP contribution in [0.1, 0.15) is 6.92 Å². The summed E-state index contributed by atoms with van der Waals surface area (Å²) in [5.41, 5.74) is 7.81. The lowest BCUT2D eigenvalue weighted by atomic mass is 10.3. The van der Waals surface area contributed by atoms with Gasteiger partial charge >= 0.3 is 0 Å². The maximum Gasteiger partial charge on any atom is 0.225 e. The molecule has 3 N–H and O–H groups in total. The lowest BCUT2D eigenvalue weighted by Gasteiger charge is -2.21. The summed E-state index contributed by atoms with van der Waals surface area (Å²) in [6.45, 7) is 5.56. The highest BCUT2D eigenvalue weighted by Gasteiger charge is 2.17. The molecule has 0 amide bonds. The molecule has 0 bridgehead atoms. The average Bonchev–Trinajstić information content (AvgIpc) is 3.57. The normalized spacial score (nSPS) is 11.8. The van der Waals surface area contributed by atoms with Crippen molar-refractivity contribution >= 4 is 28.3 Å². The maximum atomic E-state index is 13.8. The molecule has 0 fully saturated rings. The van der Waals surface area contributed by atoms with Crippen LogP contribution in [0.25, 0.3) is 28.3 Å². The minimum atomic E-state index is -0.597. The maximum absolute atomic E-state index is 13.8. The Balaban J connectivity index is 1.28. The van der Waals surface area contributed by atoms with Crippen molar-refractivity contribution in [3.8, 4) is 11.6 Å².